The molecule has 0 amide bonds. The maximum absolute atomic E-state index is 6.39. The Morgan fingerprint density at radius 3 is 2.10 bits per heavy atom. The molecule has 0 bridgehead atoms. The van der Waals surface area contributed by atoms with E-state index in [1.54, 1.807) is 0 Å². The molecule has 3 nitrogen and oxygen atoms in total. The summed E-state index contributed by atoms with van der Waals surface area (Å²) in [6.45, 7) is 7.07. The fraction of sp³-hybridized carbons (Fsp3) is 0.133. The quantitative estimate of drug-likeness (QED) is 0.190. The lowest BCUT2D eigenvalue weighted by Gasteiger charge is -2.23. The summed E-state index contributed by atoms with van der Waals surface area (Å²) in [4.78, 5) is 5.63. The van der Waals surface area contributed by atoms with Gasteiger partial charge in [-0.05, 0) is 58.2 Å². The van der Waals surface area contributed by atoms with E-state index in [-0.39, 0.29) is 5.41 Å². The molecule has 3 heterocycles. The van der Waals surface area contributed by atoms with Gasteiger partial charge in [0.2, 0.25) is 0 Å². The van der Waals surface area contributed by atoms with Crippen molar-refractivity contribution in [3.63, 3.8) is 0 Å². The van der Waals surface area contributed by atoms with Crippen molar-refractivity contribution < 1.29 is 4.42 Å². The molecule has 3 heteroatoms. The second-order valence-corrected chi connectivity index (χ2v) is 13.7. The third-order valence-electron chi connectivity index (χ3n) is 10.8. The van der Waals surface area contributed by atoms with Gasteiger partial charge in [-0.2, -0.15) is 0 Å². The van der Waals surface area contributed by atoms with Crippen LogP contribution in [0.3, 0.4) is 0 Å². The van der Waals surface area contributed by atoms with Crippen LogP contribution in [0.1, 0.15) is 50.3 Å². The van der Waals surface area contributed by atoms with Crippen LogP contribution in [0.5, 0.6) is 0 Å². The highest BCUT2D eigenvalue weighted by atomic mass is 16.3. The number of hydrogen-bond acceptors (Lipinski definition) is 2. The number of benzene rings is 6. The summed E-state index contributed by atoms with van der Waals surface area (Å²) in [5.41, 5.74) is 13.0. The SMILES string of the molecule is CCC1=c2ccccc2=C(c2ccccc2)N=C(n2c3ccccc3c3c4c(ccc32)-c2ccc3oc5ccccc5c3c2C4(C)C)C1. The van der Waals surface area contributed by atoms with Gasteiger partial charge in [-0.3, -0.25) is 4.57 Å². The van der Waals surface area contributed by atoms with E-state index in [1.165, 1.54) is 70.8 Å². The predicted octanol–water partition coefficient (Wildman–Crippen LogP) is 10.1. The molecule has 0 saturated heterocycles. The summed E-state index contributed by atoms with van der Waals surface area (Å²) in [5.74, 6) is 1.06. The topological polar surface area (TPSA) is 30.4 Å². The molecule has 0 fully saturated rings. The van der Waals surface area contributed by atoms with Crippen molar-refractivity contribution in [2.45, 2.75) is 39.0 Å². The summed E-state index contributed by atoms with van der Waals surface area (Å²) in [5, 5.41) is 7.49. The van der Waals surface area contributed by atoms with Crippen molar-refractivity contribution >= 4 is 60.9 Å². The Morgan fingerprint density at radius 1 is 0.625 bits per heavy atom. The van der Waals surface area contributed by atoms with Crippen LogP contribution in [0.4, 0.5) is 0 Å². The zero-order valence-corrected chi connectivity index (χ0v) is 27.3. The smallest absolute Gasteiger partial charge is 0.135 e. The average Bonchev–Trinajstić information content (AvgIpc) is 3.70. The number of hydrogen-bond donors (Lipinski definition) is 0. The van der Waals surface area contributed by atoms with Crippen LogP contribution in [0.15, 0.2) is 137 Å². The first kappa shape index (κ1) is 27.4. The van der Waals surface area contributed by atoms with Crippen molar-refractivity contribution in [2.24, 2.45) is 4.99 Å². The lowest BCUT2D eigenvalue weighted by atomic mass is 9.79. The van der Waals surface area contributed by atoms with Gasteiger partial charge in [0, 0.05) is 44.2 Å². The monoisotopic (exact) mass is 618 g/mol. The summed E-state index contributed by atoms with van der Waals surface area (Å²) in [7, 11) is 0. The first-order chi connectivity index (χ1) is 23.5. The number of furan rings is 1. The minimum atomic E-state index is -0.255. The van der Waals surface area contributed by atoms with Crippen molar-refractivity contribution in [2.75, 3.05) is 0 Å². The van der Waals surface area contributed by atoms with Crippen LogP contribution >= 0.6 is 0 Å². The van der Waals surface area contributed by atoms with Crippen LogP contribution in [0.2, 0.25) is 0 Å². The van der Waals surface area contributed by atoms with Gasteiger partial charge in [-0.1, -0.05) is 129 Å². The van der Waals surface area contributed by atoms with Crippen LogP contribution in [0.25, 0.3) is 66.1 Å². The summed E-state index contributed by atoms with van der Waals surface area (Å²) in [6.07, 6.45) is 1.74. The molecule has 1 aliphatic heterocycles. The fourth-order valence-electron chi connectivity index (χ4n) is 8.80. The molecular formula is C45H34N2O. The average molecular weight is 619 g/mol. The van der Waals surface area contributed by atoms with Gasteiger partial charge in [-0.15, -0.1) is 0 Å². The second kappa shape index (κ2) is 9.92. The zero-order chi connectivity index (χ0) is 32.1. The van der Waals surface area contributed by atoms with E-state index >= 15 is 0 Å². The van der Waals surface area contributed by atoms with Gasteiger partial charge in [0.05, 0.1) is 16.7 Å². The standard InChI is InChI=1S/C45H34N2O/c1-4-27-26-39(46-44(28-14-6-5-7-15-28)32-17-9-8-16-29(27)32)47-35-20-12-10-18-33(35)40-36(47)24-22-30-31-23-25-38-41(43(31)45(2,3)42(30)40)34-19-11-13-21-37(34)48-38/h5-25H,4,26H2,1-3H3. The van der Waals surface area contributed by atoms with Gasteiger partial charge in [-0.25, -0.2) is 4.99 Å². The number of aromatic nitrogens is 1. The van der Waals surface area contributed by atoms with Gasteiger partial charge in [0.1, 0.15) is 17.0 Å². The predicted molar refractivity (Wildman–Crippen MR) is 200 cm³/mol. The molecule has 0 radical (unpaired) electrons. The third kappa shape index (κ3) is 3.62. The van der Waals surface area contributed by atoms with E-state index < -0.39 is 0 Å². The molecule has 1 aliphatic carbocycles. The zero-order valence-electron chi connectivity index (χ0n) is 27.3. The molecule has 10 rings (SSSR count). The molecule has 0 atom stereocenters. The first-order valence-corrected chi connectivity index (χ1v) is 17.0. The summed E-state index contributed by atoms with van der Waals surface area (Å²) >= 11 is 0. The summed E-state index contributed by atoms with van der Waals surface area (Å²) in [6, 6.07) is 46.0. The Morgan fingerprint density at radius 2 is 1.29 bits per heavy atom. The van der Waals surface area contributed by atoms with Gasteiger partial charge >= 0.3 is 0 Å². The van der Waals surface area contributed by atoms with E-state index in [2.05, 4.69) is 153 Å². The maximum atomic E-state index is 6.39. The molecule has 230 valence electrons. The Kier molecular flexibility index (Phi) is 5.67. The molecule has 0 saturated carbocycles. The Balaban J connectivity index is 1.30. The number of rotatable bonds is 2. The maximum Gasteiger partial charge on any atom is 0.135 e. The first-order valence-electron chi connectivity index (χ1n) is 17.0. The largest absolute Gasteiger partial charge is 0.456 e. The van der Waals surface area contributed by atoms with Crippen LogP contribution < -0.4 is 10.4 Å². The van der Waals surface area contributed by atoms with Crippen LogP contribution in [0, 0.1) is 0 Å². The van der Waals surface area contributed by atoms with E-state index in [0.29, 0.717) is 0 Å². The van der Waals surface area contributed by atoms with E-state index in [1.807, 2.05) is 0 Å². The second-order valence-electron chi connectivity index (χ2n) is 13.7. The van der Waals surface area contributed by atoms with Crippen molar-refractivity contribution in [1.29, 1.82) is 0 Å². The van der Waals surface area contributed by atoms with Crippen LogP contribution in [-0.2, 0) is 5.41 Å². The highest BCUT2D eigenvalue weighted by molar-refractivity contribution is 6.20. The molecule has 2 aromatic heterocycles. The molecule has 0 N–H and O–H groups in total. The van der Waals surface area contributed by atoms with E-state index in [4.69, 9.17) is 9.41 Å². The minimum Gasteiger partial charge on any atom is -0.456 e. The molecular weight excluding hydrogens is 585 g/mol. The lowest BCUT2D eigenvalue weighted by molar-refractivity contribution is 0.660. The van der Waals surface area contributed by atoms with E-state index in [0.717, 1.165) is 41.1 Å². The van der Waals surface area contributed by atoms with Gasteiger partial charge < -0.3 is 4.42 Å². The Labute approximate surface area is 278 Å². The van der Waals surface area contributed by atoms with Crippen molar-refractivity contribution in [3.05, 3.63) is 155 Å². The highest BCUT2D eigenvalue weighted by Gasteiger charge is 2.40. The fourth-order valence-corrected chi connectivity index (χ4v) is 8.80. The molecule has 8 aromatic rings. The van der Waals surface area contributed by atoms with Gasteiger partial charge in [0.25, 0.3) is 0 Å². The molecule has 48 heavy (non-hydrogen) atoms. The van der Waals surface area contributed by atoms with Gasteiger partial charge in [0.15, 0.2) is 0 Å². The van der Waals surface area contributed by atoms with Crippen molar-refractivity contribution in [1.82, 2.24) is 4.57 Å². The number of fused-ring (bicyclic) bond motifs is 12. The summed E-state index contributed by atoms with van der Waals surface area (Å²) < 4.78 is 8.85. The molecule has 0 unspecified atom stereocenters. The van der Waals surface area contributed by atoms with Crippen LogP contribution in [-0.4, -0.2) is 10.4 Å². The van der Waals surface area contributed by atoms with Crippen molar-refractivity contribution in [3.8, 4) is 11.1 Å². The number of nitrogens with zero attached hydrogens (tertiary/aromatic N) is 2. The third-order valence-corrected chi connectivity index (χ3v) is 10.8. The minimum absolute atomic E-state index is 0.255. The number of aliphatic imine (C=N–C) groups is 1. The lowest BCUT2D eigenvalue weighted by Crippen LogP contribution is -2.28. The highest BCUT2D eigenvalue weighted by Crippen LogP contribution is 2.56. The number of para-hydroxylation sites is 2. The Hall–Kier alpha value is -5.67. The normalized spacial score (nSPS) is 15.2. The Bertz CT molecular complexity index is 2810. The van der Waals surface area contributed by atoms with E-state index in [9.17, 15) is 0 Å². The molecule has 0 spiro atoms. The molecule has 6 aromatic carbocycles. The molecule has 2 aliphatic rings.